The zero-order valence-corrected chi connectivity index (χ0v) is 14.0. The van der Waals surface area contributed by atoms with Crippen LogP contribution in [0.3, 0.4) is 0 Å². The molecule has 0 aliphatic rings. The van der Waals surface area contributed by atoms with Crippen molar-refractivity contribution in [1.82, 2.24) is 4.57 Å². The Hall–Kier alpha value is -3.85. The molecule has 0 spiro atoms. The van der Waals surface area contributed by atoms with Gasteiger partial charge in [0.05, 0.1) is 17.2 Å². The average molecular weight is 345 g/mol. The maximum Gasteiger partial charge on any atom is 0.257 e. The molecule has 0 saturated carbocycles. The molecule has 3 aromatic rings. The molecule has 0 unspecified atom stereocenters. The smallest absolute Gasteiger partial charge is 0.257 e. The third-order valence-electron chi connectivity index (χ3n) is 3.66. The van der Waals surface area contributed by atoms with Crippen LogP contribution in [-0.2, 0) is 7.05 Å². The fourth-order valence-electron chi connectivity index (χ4n) is 2.30. The molecule has 0 aliphatic heterocycles. The largest absolute Gasteiger partial charge is 0.457 e. The zero-order chi connectivity index (χ0) is 18.5. The quantitative estimate of drug-likeness (QED) is 0.786. The van der Waals surface area contributed by atoms with Gasteiger partial charge in [0.25, 0.3) is 5.91 Å². The van der Waals surface area contributed by atoms with Crippen LogP contribution in [0.15, 0.2) is 71.7 Å². The van der Waals surface area contributed by atoms with E-state index in [1.165, 1.54) is 22.9 Å². The van der Waals surface area contributed by atoms with Crippen LogP contribution >= 0.6 is 0 Å². The minimum Gasteiger partial charge on any atom is -0.457 e. The molecule has 128 valence electrons. The van der Waals surface area contributed by atoms with E-state index < -0.39 is 0 Å². The van der Waals surface area contributed by atoms with Crippen LogP contribution in [-0.4, -0.2) is 10.5 Å². The van der Waals surface area contributed by atoms with E-state index in [2.05, 4.69) is 11.4 Å². The number of hydrogen-bond acceptors (Lipinski definition) is 4. The minimum atomic E-state index is -0.309. The van der Waals surface area contributed by atoms with Crippen molar-refractivity contribution in [3.05, 3.63) is 88.3 Å². The fraction of sp³-hybridized carbons (Fsp3) is 0.0500. The first-order valence-corrected chi connectivity index (χ1v) is 7.81. The third kappa shape index (κ3) is 3.97. The second-order valence-corrected chi connectivity index (χ2v) is 5.59. The molecule has 2 aromatic carbocycles. The second-order valence-electron chi connectivity index (χ2n) is 5.59. The van der Waals surface area contributed by atoms with Crippen molar-refractivity contribution in [2.75, 3.05) is 5.32 Å². The Morgan fingerprint density at radius 1 is 1.08 bits per heavy atom. The molecule has 1 heterocycles. The number of aromatic nitrogens is 1. The Morgan fingerprint density at radius 3 is 2.54 bits per heavy atom. The van der Waals surface area contributed by atoms with E-state index >= 15 is 0 Å². The van der Waals surface area contributed by atoms with Gasteiger partial charge in [-0.1, -0.05) is 6.07 Å². The number of rotatable bonds is 4. The number of carbonyl (C=O) groups is 1. The summed E-state index contributed by atoms with van der Waals surface area (Å²) >= 11 is 0. The summed E-state index contributed by atoms with van der Waals surface area (Å²) in [5.74, 6) is 0.835. The van der Waals surface area contributed by atoms with Crippen LogP contribution in [0.4, 0.5) is 5.69 Å². The van der Waals surface area contributed by atoms with Gasteiger partial charge in [0.1, 0.15) is 11.5 Å². The van der Waals surface area contributed by atoms with E-state index in [0.717, 1.165) is 0 Å². The zero-order valence-electron chi connectivity index (χ0n) is 14.0. The third-order valence-corrected chi connectivity index (χ3v) is 3.66. The van der Waals surface area contributed by atoms with Crippen molar-refractivity contribution in [2.45, 2.75) is 0 Å². The fourth-order valence-corrected chi connectivity index (χ4v) is 2.30. The van der Waals surface area contributed by atoms with Gasteiger partial charge in [-0.15, -0.1) is 0 Å². The van der Waals surface area contributed by atoms with E-state index in [9.17, 15) is 9.59 Å². The molecule has 0 aliphatic carbocycles. The first kappa shape index (κ1) is 17.0. The Morgan fingerprint density at radius 2 is 1.85 bits per heavy atom. The standard InChI is InChI=1S/C20H15N3O3/c1-23-13-15(5-10-19(23)24)20(25)22-16-6-8-17(9-7-16)26-18-4-2-3-14(11-18)12-21/h2-11,13H,1H3,(H,22,25). The van der Waals surface area contributed by atoms with Crippen molar-refractivity contribution in [2.24, 2.45) is 7.05 Å². The van der Waals surface area contributed by atoms with E-state index in [-0.39, 0.29) is 11.5 Å². The number of hydrogen-bond donors (Lipinski definition) is 1. The maximum absolute atomic E-state index is 12.2. The van der Waals surface area contributed by atoms with Crippen molar-refractivity contribution in [3.63, 3.8) is 0 Å². The van der Waals surface area contributed by atoms with Crippen molar-refractivity contribution in [3.8, 4) is 17.6 Å². The monoisotopic (exact) mass is 345 g/mol. The van der Waals surface area contributed by atoms with E-state index in [1.807, 2.05) is 0 Å². The maximum atomic E-state index is 12.2. The van der Waals surface area contributed by atoms with Crippen LogP contribution in [0, 0.1) is 11.3 Å². The molecular formula is C20H15N3O3. The molecule has 1 N–H and O–H groups in total. The van der Waals surface area contributed by atoms with Crippen molar-refractivity contribution < 1.29 is 9.53 Å². The number of anilines is 1. The van der Waals surface area contributed by atoms with Gasteiger partial charge in [-0.3, -0.25) is 9.59 Å². The van der Waals surface area contributed by atoms with Gasteiger partial charge in [-0.05, 0) is 48.5 Å². The molecule has 26 heavy (non-hydrogen) atoms. The highest BCUT2D eigenvalue weighted by atomic mass is 16.5. The Labute approximate surface area is 149 Å². The first-order chi connectivity index (χ1) is 12.5. The van der Waals surface area contributed by atoms with Gasteiger partial charge in [0.15, 0.2) is 0 Å². The van der Waals surface area contributed by atoms with Crippen molar-refractivity contribution >= 4 is 11.6 Å². The highest BCUT2D eigenvalue weighted by Gasteiger charge is 2.07. The topological polar surface area (TPSA) is 84.1 Å². The SMILES string of the molecule is Cn1cc(C(=O)Nc2ccc(Oc3cccc(C#N)c3)cc2)ccc1=O. The average Bonchev–Trinajstić information content (AvgIpc) is 2.65. The molecular weight excluding hydrogens is 330 g/mol. The van der Waals surface area contributed by atoms with E-state index in [4.69, 9.17) is 10.00 Å². The van der Waals surface area contributed by atoms with Gasteiger partial charge >= 0.3 is 0 Å². The summed E-state index contributed by atoms with van der Waals surface area (Å²) in [6, 6.07) is 18.6. The number of nitrogens with zero attached hydrogens (tertiary/aromatic N) is 2. The van der Waals surface area contributed by atoms with Gasteiger partial charge in [-0.2, -0.15) is 5.26 Å². The van der Waals surface area contributed by atoms with Crippen molar-refractivity contribution in [1.29, 1.82) is 5.26 Å². The molecule has 6 heteroatoms. The number of pyridine rings is 1. The highest BCUT2D eigenvalue weighted by molar-refractivity contribution is 6.04. The van der Waals surface area contributed by atoms with Crippen LogP contribution in [0.25, 0.3) is 0 Å². The lowest BCUT2D eigenvalue weighted by Gasteiger charge is -2.09. The molecule has 0 fully saturated rings. The molecule has 1 aromatic heterocycles. The highest BCUT2D eigenvalue weighted by Crippen LogP contribution is 2.23. The van der Waals surface area contributed by atoms with Gasteiger partial charge in [0, 0.05) is 25.0 Å². The summed E-state index contributed by atoms with van der Waals surface area (Å²) in [4.78, 5) is 23.6. The number of aryl methyl sites for hydroxylation is 1. The normalized spacial score (nSPS) is 10.0. The molecule has 0 atom stereocenters. The van der Waals surface area contributed by atoms with Crippen LogP contribution in [0.5, 0.6) is 11.5 Å². The van der Waals surface area contributed by atoms with Gasteiger partial charge in [0.2, 0.25) is 5.56 Å². The van der Waals surface area contributed by atoms with E-state index in [0.29, 0.717) is 28.3 Å². The summed E-state index contributed by atoms with van der Waals surface area (Å²) in [6.07, 6.45) is 1.48. The number of nitrogens with one attached hydrogen (secondary N) is 1. The Kier molecular flexibility index (Phi) is 4.81. The molecule has 1 amide bonds. The number of nitriles is 1. The Bertz CT molecular complexity index is 1050. The van der Waals surface area contributed by atoms with Crippen LogP contribution in [0.2, 0.25) is 0 Å². The summed E-state index contributed by atoms with van der Waals surface area (Å²) in [5, 5.41) is 11.7. The predicted molar refractivity (Wildman–Crippen MR) is 97.3 cm³/mol. The van der Waals surface area contributed by atoms with E-state index in [1.54, 1.807) is 55.6 Å². The number of ether oxygens (including phenoxy) is 1. The summed E-state index contributed by atoms with van der Waals surface area (Å²) in [7, 11) is 1.59. The Balaban J connectivity index is 1.69. The van der Waals surface area contributed by atoms with Gasteiger partial charge in [-0.25, -0.2) is 0 Å². The second kappa shape index (κ2) is 7.36. The molecule has 3 rings (SSSR count). The lowest BCUT2D eigenvalue weighted by molar-refractivity contribution is 0.102. The lowest BCUT2D eigenvalue weighted by atomic mass is 10.2. The first-order valence-electron chi connectivity index (χ1n) is 7.81. The lowest BCUT2D eigenvalue weighted by Crippen LogP contribution is -2.19. The molecule has 0 bridgehead atoms. The molecule has 0 saturated heterocycles. The number of carbonyl (C=O) groups excluding carboxylic acids is 1. The summed E-state index contributed by atoms with van der Waals surface area (Å²) in [5.41, 5.74) is 1.33. The van der Waals surface area contributed by atoms with Crippen LogP contribution < -0.4 is 15.6 Å². The van der Waals surface area contributed by atoms with Gasteiger partial charge < -0.3 is 14.6 Å². The van der Waals surface area contributed by atoms with Crippen LogP contribution in [0.1, 0.15) is 15.9 Å². The number of amides is 1. The molecule has 0 radical (unpaired) electrons. The summed E-state index contributed by atoms with van der Waals surface area (Å²) < 4.78 is 7.04. The molecule has 6 nitrogen and oxygen atoms in total. The summed E-state index contributed by atoms with van der Waals surface area (Å²) in [6.45, 7) is 0. The minimum absolute atomic E-state index is 0.177. The predicted octanol–water partition coefficient (Wildman–Crippen LogP) is 3.30. The number of benzene rings is 2.